The molecular formula is C14H11NOS. The van der Waals surface area contributed by atoms with Gasteiger partial charge < -0.3 is 0 Å². The molecule has 0 bridgehead atoms. The lowest BCUT2D eigenvalue weighted by Gasteiger charge is -1.97. The van der Waals surface area contributed by atoms with Gasteiger partial charge in [-0.25, -0.2) is 3.96 Å². The zero-order chi connectivity index (χ0) is 11.8. The lowest BCUT2D eigenvalue weighted by molar-refractivity contribution is 1.14. The van der Waals surface area contributed by atoms with E-state index in [1.54, 1.807) is 3.96 Å². The maximum absolute atomic E-state index is 12.3. The Labute approximate surface area is 103 Å². The number of para-hydroxylation sites is 1. The molecule has 1 aromatic heterocycles. The van der Waals surface area contributed by atoms with Crippen LogP contribution in [0.15, 0.2) is 53.3 Å². The highest BCUT2D eigenvalue weighted by molar-refractivity contribution is 7.14. The van der Waals surface area contributed by atoms with E-state index in [1.807, 2.05) is 55.5 Å². The van der Waals surface area contributed by atoms with Gasteiger partial charge in [0.15, 0.2) is 0 Å². The maximum atomic E-state index is 12.3. The van der Waals surface area contributed by atoms with Gasteiger partial charge in [-0.3, -0.25) is 4.79 Å². The predicted octanol–water partition coefficient (Wildman–Crippen LogP) is 3.36. The Bertz CT molecular complexity index is 725. The predicted molar refractivity (Wildman–Crippen MR) is 72.2 cm³/mol. The molecule has 0 aliphatic carbocycles. The molecule has 3 rings (SSSR count). The van der Waals surface area contributed by atoms with Crippen molar-refractivity contribution in [2.75, 3.05) is 0 Å². The number of aryl methyl sites for hydroxylation is 1. The fraction of sp³-hybridized carbons (Fsp3) is 0.0714. The van der Waals surface area contributed by atoms with Crippen LogP contribution in [0.3, 0.4) is 0 Å². The number of hydrogen-bond acceptors (Lipinski definition) is 2. The van der Waals surface area contributed by atoms with Crippen LogP contribution in [-0.4, -0.2) is 3.96 Å². The number of fused-ring (bicyclic) bond motifs is 1. The van der Waals surface area contributed by atoms with E-state index in [9.17, 15) is 4.79 Å². The first-order valence-corrected chi connectivity index (χ1v) is 6.21. The van der Waals surface area contributed by atoms with Gasteiger partial charge in [-0.05, 0) is 31.2 Å². The Morgan fingerprint density at radius 1 is 1.06 bits per heavy atom. The molecule has 1 heterocycles. The van der Waals surface area contributed by atoms with Crippen molar-refractivity contribution in [1.29, 1.82) is 0 Å². The van der Waals surface area contributed by atoms with E-state index < -0.39 is 0 Å². The minimum atomic E-state index is 0.0694. The Kier molecular flexibility index (Phi) is 2.34. The summed E-state index contributed by atoms with van der Waals surface area (Å²) in [6.45, 7) is 2.00. The molecule has 0 saturated carbocycles. The van der Waals surface area contributed by atoms with Crippen molar-refractivity contribution in [3.8, 4) is 5.69 Å². The Hall–Kier alpha value is -1.87. The summed E-state index contributed by atoms with van der Waals surface area (Å²) in [6.07, 6.45) is 0. The topological polar surface area (TPSA) is 22.0 Å². The standard InChI is InChI=1S/C14H11NOS/c1-10-7-8-13-12(9-10)14(16)15(17-13)11-5-3-2-4-6-11/h2-9H,1H3. The van der Waals surface area contributed by atoms with E-state index in [-0.39, 0.29) is 5.56 Å². The SMILES string of the molecule is Cc1ccc2sn(-c3ccccc3)c(=O)c2c1. The average molecular weight is 241 g/mol. The van der Waals surface area contributed by atoms with E-state index in [1.165, 1.54) is 11.5 Å². The summed E-state index contributed by atoms with van der Waals surface area (Å²) in [6, 6.07) is 15.7. The van der Waals surface area contributed by atoms with Gasteiger partial charge in [-0.1, -0.05) is 41.4 Å². The number of rotatable bonds is 1. The van der Waals surface area contributed by atoms with Crippen molar-refractivity contribution in [2.45, 2.75) is 6.92 Å². The molecule has 0 atom stereocenters. The lowest BCUT2D eigenvalue weighted by Crippen LogP contribution is -2.10. The van der Waals surface area contributed by atoms with Gasteiger partial charge in [0.2, 0.25) is 0 Å². The molecule has 0 aliphatic heterocycles. The third-order valence-corrected chi connectivity index (χ3v) is 3.84. The lowest BCUT2D eigenvalue weighted by atomic mass is 10.2. The molecule has 3 aromatic rings. The minimum absolute atomic E-state index is 0.0694. The fourth-order valence-corrected chi connectivity index (χ4v) is 2.85. The van der Waals surface area contributed by atoms with Crippen LogP contribution in [0.1, 0.15) is 5.56 Å². The van der Waals surface area contributed by atoms with Crippen LogP contribution in [-0.2, 0) is 0 Å². The zero-order valence-corrected chi connectivity index (χ0v) is 10.2. The van der Waals surface area contributed by atoms with Crippen molar-refractivity contribution in [1.82, 2.24) is 3.96 Å². The first-order valence-electron chi connectivity index (χ1n) is 5.44. The molecule has 0 radical (unpaired) electrons. The second-order valence-corrected chi connectivity index (χ2v) is 5.01. The minimum Gasteiger partial charge on any atom is -0.267 e. The second kappa shape index (κ2) is 3.86. The van der Waals surface area contributed by atoms with Crippen molar-refractivity contribution >= 4 is 21.6 Å². The molecule has 0 amide bonds. The monoisotopic (exact) mass is 241 g/mol. The summed E-state index contributed by atoms with van der Waals surface area (Å²) in [5.41, 5.74) is 2.11. The summed E-state index contributed by atoms with van der Waals surface area (Å²) >= 11 is 1.49. The highest BCUT2D eigenvalue weighted by atomic mass is 32.1. The van der Waals surface area contributed by atoms with Gasteiger partial charge in [0.25, 0.3) is 5.56 Å². The highest BCUT2D eigenvalue weighted by Gasteiger charge is 2.08. The van der Waals surface area contributed by atoms with Gasteiger partial charge in [-0.15, -0.1) is 0 Å². The molecule has 2 nitrogen and oxygen atoms in total. The fourth-order valence-electron chi connectivity index (χ4n) is 1.87. The van der Waals surface area contributed by atoms with E-state index >= 15 is 0 Å². The molecule has 0 fully saturated rings. The van der Waals surface area contributed by atoms with Crippen molar-refractivity contribution in [3.63, 3.8) is 0 Å². The van der Waals surface area contributed by atoms with Crippen LogP contribution in [0.25, 0.3) is 15.8 Å². The molecule has 3 heteroatoms. The van der Waals surface area contributed by atoms with Gasteiger partial charge in [-0.2, -0.15) is 0 Å². The third kappa shape index (κ3) is 1.68. The molecule has 17 heavy (non-hydrogen) atoms. The second-order valence-electron chi connectivity index (χ2n) is 4.03. The summed E-state index contributed by atoms with van der Waals surface area (Å²) < 4.78 is 2.77. The number of nitrogens with zero attached hydrogens (tertiary/aromatic N) is 1. The molecule has 0 saturated heterocycles. The van der Waals surface area contributed by atoms with E-state index in [0.717, 1.165) is 21.3 Å². The highest BCUT2D eigenvalue weighted by Crippen LogP contribution is 2.20. The number of benzene rings is 2. The van der Waals surface area contributed by atoms with Crippen LogP contribution >= 0.6 is 11.5 Å². The first kappa shape index (κ1) is 10.3. The van der Waals surface area contributed by atoms with Gasteiger partial charge >= 0.3 is 0 Å². The van der Waals surface area contributed by atoms with Crippen LogP contribution in [0.2, 0.25) is 0 Å². The summed E-state index contributed by atoms with van der Waals surface area (Å²) in [5, 5.41) is 0.804. The van der Waals surface area contributed by atoms with Gasteiger partial charge in [0.1, 0.15) is 0 Å². The normalized spacial score (nSPS) is 10.9. The molecule has 2 aromatic carbocycles. The summed E-state index contributed by atoms with van der Waals surface area (Å²) in [4.78, 5) is 12.3. The number of aromatic nitrogens is 1. The van der Waals surface area contributed by atoms with Crippen molar-refractivity contribution < 1.29 is 0 Å². The van der Waals surface area contributed by atoms with Crippen LogP contribution < -0.4 is 5.56 Å². The largest absolute Gasteiger partial charge is 0.273 e. The third-order valence-electron chi connectivity index (χ3n) is 2.73. The summed E-state index contributed by atoms with van der Waals surface area (Å²) in [7, 11) is 0. The molecule has 0 N–H and O–H groups in total. The van der Waals surface area contributed by atoms with Crippen LogP contribution in [0.5, 0.6) is 0 Å². The van der Waals surface area contributed by atoms with Crippen LogP contribution in [0.4, 0.5) is 0 Å². The smallest absolute Gasteiger partial charge is 0.267 e. The molecule has 0 unspecified atom stereocenters. The van der Waals surface area contributed by atoms with Crippen molar-refractivity contribution in [2.24, 2.45) is 0 Å². The summed E-state index contributed by atoms with van der Waals surface area (Å²) in [5.74, 6) is 0. The Morgan fingerprint density at radius 2 is 1.82 bits per heavy atom. The quantitative estimate of drug-likeness (QED) is 0.640. The zero-order valence-electron chi connectivity index (χ0n) is 9.38. The Balaban J connectivity index is 2.33. The van der Waals surface area contributed by atoms with E-state index in [4.69, 9.17) is 0 Å². The maximum Gasteiger partial charge on any atom is 0.273 e. The van der Waals surface area contributed by atoms with Gasteiger partial charge in [0, 0.05) is 0 Å². The van der Waals surface area contributed by atoms with E-state index in [2.05, 4.69) is 0 Å². The molecule has 0 aliphatic rings. The Morgan fingerprint density at radius 3 is 2.59 bits per heavy atom. The van der Waals surface area contributed by atoms with Gasteiger partial charge in [0.05, 0.1) is 15.8 Å². The van der Waals surface area contributed by atoms with E-state index in [0.29, 0.717) is 0 Å². The van der Waals surface area contributed by atoms with Crippen LogP contribution in [0, 0.1) is 6.92 Å². The average Bonchev–Trinajstić information content (AvgIpc) is 2.68. The number of hydrogen-bond donors (Lipinski definition) is 0. The molecule has 0 spiro atoms. The first-order chi connectivity index (χ1) is 8.25. The molecular weight excluding hydrogens is 230 g/mol. The molecule has 84 valence electrons. The van der Waals surface area contributed by atoms with Crippen molar-refractivity contribution in [3.05, 3.63) is 64.4 Å².